The second kappa shape index (κ2) is 8.09. The van der Waals surface area contributed by atoms with Crippen molar-refractivity contribution < 1.29 is 19.2 Å². The molecule has 1 N–H and O–H groups in total. The smallest absolute Gasteiger partial charge is 0.304 e. The summed E-state index contributed by atoms with van der Waals surface area (Å²) in [6.07, 6.45) is 0.189. The molecule has 1 saturated heterocycles. The third-order valence-corrected chi connectivity index (χ3v) is 4.28. The van der Waals surface area contributed by atoms with Crippen LogP contribution in [-0.2, 0) is 11.3 Å². The highest BCUT2D eigenvalue weighted by Crippen LogP contribution is 2.20. The number of nitrogens with zero attached hydrogens (tertiary/aromatic N) is 4. The fourth-order valence-corrected chi connectivity index (χ4v) is 2.79. The van der Waals surface area contributed by atoms with E-state index in [0.717, 1.165) is 37.5 Å². The quantitative estimate of drug-likeness (QED) is 0.803. The number of methoxy groups -OCH3 is 1. The lowest BCUT2D eigenvalue weighted by Gasteiger charge is -2.33. The van der Waals surface area contributed by atoms with E-state index >= 15 is 0 Å². The Morgan fingerprint density at radius 1 is 1.20 bits per heavy atom. The van der Waals surface area contributed by atoms with Gasteiger partial charge < -0.3 is 19.3 Å². The highest BCUT2D eigenvalue weighted by atomic mass is 16.5. The van der Waals surface area contributed by atoms with Gasteiger partial charge in [-0.25, -0.2) is 0 Å². The molecule has 0 saturated carbocycles. The lowest BCUT2D eigenvalue weighted by Crippen LogP contribution is -2.46. The van der Waals surface area contributed by atoms with Crippen LogP contribution < -0.4 is 4.74 Å². The average molecular weight is 346 g/mol. The standard InChI is InChI=1S/C17H22N4O4/c1-24-14-4-2-13(3-5-14)17-18-15(25-19-17)12-21-10-8-20(9-11-21)7-6-16(22)23/h2-5H,6-12H2,1H3,(H,22,23). The molecule has 1 fully saturated rings. The van der Waals surface area contributed by atoms with E-state index in [9.17, 15) is 4.79 Å². The summed E-state index contributed by atoms with van der Waals surface area (Å²) in [7, 11) is 1.63. The van der Waals surface area contributed by atoms with Gasteiger partial charge in [0.2, 0.25) is 11.7 Å². The maximum Gasteiger partial charge on any atom is 0.304 e. The second-order valence-corrected chi connectivity index (χ2v) is 6.00. The number of aliphatic carboxylic acids is 1. The van der Waals surface area contributed by atoms with Crippen LogP contribution in [0.1, 0.15) is 12.3 Å². The molecule has 0 bridgehead atoms. The van der Waals surface area contributed by atoms with Crippen molar-refractivity contribution in [1.29, 1.82) is 0 Å². The summed E-state index contributed by atoms with van der Waals surface area (Å²) in [5, 5.41) is 12.8. The third-order valence-electron chi connectivity index (χ3n) is 4.28. The number of carboxylic acids is 1. The molecule has 134 valence electrons. The molecule has 2 aromatic rings. The SMILES string of the molecule is COc1ccc(-c2noc(CN3CCN(CCC(=O)O)CC3)n2)cc1. The molecular formula is C17H22N4O4. The van der Waals surface area contributed by atoms with Gasteiger partial charge in [0, 0.05) is 38.3 Å². The van der Waals surface area contributed by atoms with Crippen LogP contribution >= 0.6 is 0 Å². The van der Waals surface area contributed by atoms with Crippen LogP contribution in [0.25, 0.3) is 11.4 Å². The van der Waals surface area contributed by atoms with Gasteiger partial charge in [-0.2, -0.15) is 4.98 Å². The zero-order valence-electron chi connectivity index (χ0n) is 14.2. The topological polar surface area (TPSA) is 91.9 Å². The van der Waals surface area contributed by atoms with E-state index in [1.807, 2.05) is 24.3 Å². The van der Waals surface area contributed by atoms with Gasteiger partial charge in [-0.15, -0.1) is 0 Å². The van der Waals surface area contributed by atoms with Crippen molar-refractivity contribution in [3.8, 4) is 17.1 Å². The minimum absolute atomic E-state index is 0.189. The first-order valence-electron chi connectivity index (χ1n) is 8.27. The molecule has 8 heteroatoms. The van der Waals surface area contributed by atoms with E-state index in [2.05, 4.69) is 19.9 Å². The van der Waals surface area contributed by atoms with Crippen LogP contribution in [-0.4, -0.2) is 70.8 Å². The fourth-order valence-electron chi connectivity index (χ4n) is 2.79. The molecule has 0 radical (unpaired) electrons. The summed E-state index contributed by atoms with van der Waals surface area (Å²) in [6, 6.07) is 7.52. The summed E-state index contributed by atoms with van der Waals surface area (Å²) in [6.45, 7) is 4.64. The Bertz CT molecular complexity index is 693. The Labute approximate surface area is 146 Å². The van der Waals surface area contributed by atoms with Gasteiger partial charge in [-0.05, 0) is 24.3 Å². The van der Waals surface area contributed by atoms with Crippen LogP contribution in [0, 0.1) is 0 Å². The van der Waals surface area contributed by atoms with Gasteiger partial charge in [0.25, 0.3) is 0 Å². The van der Waals surface area contributed by atoms with Crippen molar-refractivity contribution in [3.05, 3.63) is 30.2 Å². The van der Waals surface area contributed by atoms with Crippen molar-refractivity contribution in [3.63, 3.8) is 0 Å². The van der Waals surface area contributed by atoms with Crippen molar-refractivity contribution in [2.45, 2.75) is 13.0 Å². The number of hydrogen-bond acceptors (Lipinski definition) is 7. The number of carbonyl (C=O) groups is 1. The molecule has 0 amide bonds. The number of benzene rings is 1. The van der Waals surface area contributed by atoms with Crippen LogP contribution in [0.2, 0.25) is 0 Å². The maximum absolute atomic E-state index is 10.6. The normalized spacial score (nSPS) is 16.0. The number of piperazine rings is 1. The highest BCUT2D eigenvalue weighted by Gasteiger charge is 2.19. The molecular weight excluding hydrogens is 324 g/mol. The minimum atomic E-state index is -0.751. The van der Waals surface area contributed by atoms with Crippen molar-refractivity contribution in [2.24, 2.45) is 0 Å². The third kappa shape index (κ3) is 4.77. The van der Waals surface area contributed by atoms with E-state index in [1.165, 1.54) is 0 Å². The molecule has 25 heavy (non-hydrogen) atoms. The molecule has 1 aromatic carbocycles. The fraction of sp³-hybridized carbons (Fsp3) is 0.471. The van der Waals surface area contributed by atoms with Crippen LogP contribution in [0.4, 0.5) is 0 Å². The number of carboxylic acid groups (broad SMARTS) is 1. The van der Waals surface area contributed by atoms with Crippen LogP contribution in [0.5, 0.6) is 5.75 Å². The number of aromatic nitrogens is 2. The van der Waals surface area contributed by atoms with Crippen LogP contribution in [0.15, 0.2) is 28.8 Å². The summed E-state index contributed by atoms with van der Waals surface area (Å²) < 4.78 is 10.5. The predicted octanol–water partition coefficient (Wildman–Crippen LogP) is 1.34. The van der Waals surface area contributed by atoms with Crippen LogP contribution in [0.3, 0.4) is 0 Å². The Balaban J connectivity index is 1.51. The molecule has 0 unspecified atom stereocenters. The maximum atomic E-state index is 10.6. The second-order valence-electron chi connectivity index (χ2n) is 6.00. The van der Waals surface area contributed by atoms with Gasteiger partial charge >= 0.3 is 5.97 Å². The zero-order chi connectivity index (χ0) is 17.6. The Kier molecular flexibility index (Phi) is 5.62. The first kappa shape index (κ1) is 17.4. The first-order valence-corrected chi connectivity index (χ1v) is 8.27. The molecule has 0 aliphatic carbocycles. The summed E-state index contributed by atoms with van der Waals surface area (Å²) in [5.74, 6) is 1.19. The van der Waals surface area contributed by atoms with E-state index in [1.54, 1.807) is 7.11 Å². The molecule has 1 aliphatic rings. The van der Waals surface area contributed by atoms with Crippen molar-refractivity contribution >= 4 is 5.97 Å². The lowest BCUT2D eigenvalue weighted by molar-refractivity contribution is -0.137. The highest BCUT2D eigenvalue weighted by molar-refractivity contribution is 5.66. The minimum Gasteiger partial charge on any atom is -0.497 e. The Morgan fingerprint density at radius 3 is 2.52 bits per heavy atom. The first-order chi connectivity index (χ1) is 12.1. The molecule has 1 aromatic heterocycles. The van der Waals surface area contributed by atoms with Crippen molar-refractivity contribution in [1.82, 2.24) is 19.9 Å². The van der Waals surface area contributed by atoms with E-state index in [-0.39, 0.29) is 6.42 Å². The zero-order valence-corrected chi connectivity index (χ0v) is 14.2. The average Bonchev–Trinajstić information content (AvgIpc) is 3.09. The molecule has 1 aliphatic heterocycles. The van der Waals surface area contributed by atoms with Gasteiger partial charge in [0.05, 0.1) is 20.1 Å². The summed E-state index contributed by atoms with van der Waals surface area (Å²) >= 11 is 0. The van der Waals surface area contributed by atoms with E-state index < -0.39 is 5.97 Å². The van der Waals surface area contributed by atoms with Gasteiger partial charge in [-0.1, -0.05) is 5.16 Å². The molecule has 0 spiro atoms. The van der Waals surface area contributed by atoms with Gasteiger partial charge in [0.1, 0.15) is 5.75 Å². The van der Waals surface area contributed by atoms with Crippen molar-refractivity contribution in [2.75, 3.05) is 39.8 Å². The monoisotopic (exact) mass is 346 g/mol. The number of hydrogen-bond donors (Lipinski definition) is 1. The predicted molar refractivity (Wildman–Crippen MR) is 90.3 cm³/mol. The molecule has 0 atom stereocenters. The largest absolute Gasteiger partial charge is 0.497 e. The molecule has 2 heterocycles. The Hall–Kier alpha value is -2.45. The van der Waals surface area contributed by atoms with Gasteiger partial charge in [-0.3, -0.25) is 9.69 Å². The molecule has 8 nitrogen and oxygen atoms in total. The van der Waals surface area contributed by atoms with Gasteiger partial charge in [0.15, 0.2) is 0 Å². The molecule has 3 rings (SSSR count). The van der Waals surface area contributed by atoms with E-state index in [0.29, 0.717) is 24.8 Å². The number of ether oxygens (including phenoxy) is 1. The Morgan fingerprint density at radius 2 is 1.88 bits per heavy atom. The number of rotatable bonds is 7. The summed E-state index contributed by atoms with van der Waals surface area (Å²) in [5.41, 5.74) is 0.884. The lowest BCUT2D eigenvalue weighted by atomic mass is 10.2. The van der Waals surface area contributed by atoms with E-state index in [4.69, 9.17) is 14.4 Å². The summed E-state index contributed by atoms with van der Waals surface area (Å²) in [4.78, 5) is 19.5.